The molecular formula is C41H65N2O+. The van der Waals surface area contributed by atoms with Crippen LogP contribution in [0.25, 0.3) is 0 Å². The molecule has 0 aromatic rings. The number of ether oxygens (including phenoxy) is 1. The lowest BCUT2D eigenvalue weighted by atomic mass is 9.99. The Bertz CT molecular complexity index is 1160. The van der Waals surface area contributed by atoms with Crippen molar-refractivity contribution in [2.24, 2.45) is 11.8 Å². The minimum Gasteiger partial charge on any atom is -0.385 e. The highest BCUT2D eigenvalue weighted by Crippen LogP contribution is 2.21. The van der Waals surface area contributed by atoms with Crippen LogP contribution in [-0.4, -0.2) is 30.5 Å². The first-order valence-corrected chi connectivity index (χ1v) is 16.6. The number of hydrogen-bond donors (Lipinski definition) is 1. The second kappa shape index (κ2) is 24.2. The molecule has 0 atom stereocenters. The summed E-state index contributed by atoms with van der Waals surface area (Å²) in [6, 6.07) is 0. The molecule has 0 aliphatic heterocycles. The van der Waals surface area contributed by atoms with Gasteiger partial charge in [-0.3, -0.25) is 0 Å². The number of hydrogen-bond acceptors (Lipinski definition) is 2. The molecule has 0 radical (unpaired) electrons. The fourth-order valence-electron chi connectivity index (χ4n) is 4.66. The normalized spacial score (nSPS) is 14.7. The maximum Gasteiger partial charge on any atom is 0.201 e. The fourth-order valence-corrected chi connectivity index (χ4v) is 4.66. The SMILES string of the molecule is C=C/C=C(\C(=C)[N+](CCCCOC)=C(C)/C=C/C=C(C)/C(=C/C=C(/NC(=CC/C=C\CC)C(=C)C)C(C)C)CCC)C(C)C. The Balaban J connectivity index is 6.36. The van der Waals surface area contributed by atoms with E-state index in [0.29, 0.717) is 11.8 Å². The molecule has 0 aliphatic rings. The number of methoxy groups -OCH3 is 1. The first-order valence-electron chi connectivity index (χ1n) is 16.6. The van der Waals surface area contributed by atoms with Crippen LogP contribution in [0.1, 0.15) is 101 Å². The number of allylic oxidation sites excluding steroid dienone is 15. The highest BCUT2D eigenvalue weighted by molar-refractivity contribution is 5.89. The van der Waals surface area contributed by atoms with Crippen molar-refractivity contribution in [1.82, 2.24) is 5.32 Å². The van der Waals surface area contributed by atoms with Gasteiger partial charge in [0.15, 0.2) is 5.71 Å². The van der Waals surface area contributed by atoms with Gasteiger partial charge in [-0.15, -0.1) is 0 Å². The first kappa shape index (κ1) is 40.8. The summed E-state index contributed by atoms with van der Waals surface area (Å²) in [6.07, 6.45) is 27.8. The highest BCUT2D eigenvalue weighted by atomic mass is 16.5. The van der Waals surface area contributed by atoms with Gasteiger partial charge in [0.2, 0.25) is 5.70 Å². The topological polar surface area (TPSA) is 24.3 Å². The van der Waals surface area contributed by atoms with E-state index in [2.05, 4.69) is 147 Å². The quantitative estimate of drug-likeness (QED) is 0.0439. The van der Waals surface area contributed by atoms with E-state index in [0.717, 1.165) is 68.6 Å². The monoisotopic (exact) mass is 602 g/mol. The number of unbranched alkanes of at least 4 members (excludes halogenated alkanes) is 1. The lowest BCUT2D eigenvalue weighted by Crippen LogP contribution is -2.21. The maximum absolute atomic E-state index is 5.29. The van der Waals surface area contributed by atoms with E-state index < -0.39 is 0 Å². The summed E-state index contributed by atoms with van der Waals surface area (Å²) in [5, 5.41) is 3.67. The lowest BCUT2D eigenvalue weighted by molar-refractivity contribution is -0.474. The molecule has 0 heterocycles. The van der Waals surface area contributed by atoms with Gasteiger partial charge in [0.25, 0.3) is 0 Å². The molecule has 0 aliphatic carbocycles. The van der Waals surface area contributed by atoms with E-state index in [-0.39, 0.29) is 0 Å². The van der Waals surface area contributed by atoms with Crippen molar-refractivity contribution < 1.29 is 9.31 Å². The van der Waals surface area contributed by atoms with Gasteiger partial charge < -0.3 is 10.1 Å². The van der Waals surface area contributed by atoms with E-state index in [1.807, 2.05) is 6.08 Å². The zero-order valence-corrected chi connectivity index (χ0v) is 30.1. The Hall–Kier alpha value is -3.17. The minimum atomic E-state index is 0.360. The highest BCUT2D eigenvalue weighted by Gasteiger charge is 2.20. The molecule has 0 unspecified atom stereocenters. The molecule has 0 amide bonds. The van der Waals surface area contributed by atoms with Gasteiger partial charge in [0, 0.05) is 50.1 Å². The van der Waals surface area contributed by atoms with Crippen molar-refractivity contribution in [2.75, 3.05) is 20.3 Å². The third kappa shape index (κ3) is 16.6. The molecule has 244 valence electrons. The fraction of sp³-hybridized carbons (Fsp3) is 0.488. The molecule has 3 nitrogen and oxygen atoms in total. The first-order chi connectivity index (χ1) is 20.9. The van der Waals surface area contributed by atoms with Crippen LogP contribution < -0.4 is 5.32 Å². The van der Waals surface area contributed by atoms with Crippen molar-refractivity contribution in [1.29, 1.82) is 0 Å². The molecule has 0 aromatic carbocycles. The number of rotatable bonds is 22. The summed E-state index contributed by atoms with van der Waals surface area (Å²) in [5.41, 5.74) is 9.37. The molecule has 3 heteroatoms. The van der Waals surface area contributed by atoms with Crippen LogP contribution in [0.2, 0.25) is 0 Å². The van der Waals surface area contributed by atoms with Crippen molar-refractivity contribution in [3.05, 3.63) is 120 Å². The zero-order valence-electron chi connectivity index (χ0n) is 30.1. The summed E-state index contributed by atoms with van der Waals surface area (Å²) >= 11 is 0. The second-order valence-electron chi connectivity index (χ2n) is 12.0. The van der Waals surface area contributed by atoms with Crippen molar-refractivity contribution in [2.45, 2.75) is 101 Å². The van der Waals surface area contributed by atoms with Crippen LogP contribution in [0, 0.1) is 11.8 Å². The molecule has 0 rings (SSSR count). The van der Waals surface area contributed by atoms with Gasteiger partial charge in [-0.25, -0.2) is 0 Å². The van der Waals surface area contributed by atoms with Crippen molar-refractivity contribution >= 4 is 5.71 Å². The predicted molar refractivity (Wildman–Crippen MR) is 198 cm³/mol. The predicted octanol–water partition coefficient (Wildman–Crippen LogP) is 11.3. The molecule has 0 saturated carbocycles. The minimum absolute atomic E-state index is 0.360. The van der Waals surface area contributed by atoms with Crippen LogP contribution in [0.3, 0.4) is 0 Å². The summed E-state index contributed by atoms with van der Waals surface area (Å²) in [4.78, 5) is 0. The lowest BCUT2D eigenvalue weighted by Gasteiger charge is -2.18. The van der Waals surface area contributed by atoms with Crippen LogP contribution in [0.5, 0.6) is 0 Å². The van der Waals surface area contributed by atoms with Gasteiger partial charge in [0.1, 0.15) is 6.54 Å². The van der Waals surface area contributed by atoms with Crippen molar-refractivity contribution in [3.8, 4) is 0 Å². The van der Waals surface area contributed by atoms with E-state index >= 15 is 0 Å². The molecule has 0 bridgehead atoms. The summed E-state index contributed by atoms with van der Waals surface area (Å²) in [6.45, 7) is 34.0. The van der Waals surface area contributed by atoms with E-state index in [1.54, 1.807) is 7.11 Å². The third-order valence-electron chi connectivity index (χ3n) is 7.38. The molecular weight excluding hydrogens is 536 g/mol. The third-order valence-corrected chi connectivity index (χ3v) is 7.38. The van der Waals surface area contributed by atoms with Gasteiger partial charge in [-0.05, 0) is 80.7 Å². The Morgan fingerprint density at radius 3 is 2.16 bits per heavy atom. The summed E-state index contributed by atoms with van der Waals surface area (Å²) in [7, 11) is 1.76. The van der Waals surface area contributed by atoms with Gasteiger partial charge in [-0.2, -0.15) is 4.58 Å². The van der Waals surface area contributed by atoms with Crippen LogP contribution in [0.15, 0.2) is 120 Å². The van der Waals surface area contributed by atoms with E-state index in [9.17, 15) is 0 Å². The molecule has 0 aromatic heterocycles. The average molecular weight is 602 g/mol. The number of nitrogens with one attached hydrogen (secondary N) is 1. The number of nitrogens with zero attached hydrogens (tertiary/aromatic N) is 1. The summed E-state index contributed by atoms with van der Waals surface area (Å²) < 4.78 is 7.62. The molecule has 1 N–H and O–H groups in total. The smallest absolute Gasteiger partial charge is 0.201 e. The van der Waals surface area contributed by atoms with Gasteiger partial charge in [-0.1, -0.05) is 110 Å². The average Bonchev–Trinajstić information content (AvgIpc) is 2.97. The molecule has 44 heavy (non-hydrogen) atoms. The molecule has 0 fully saturated rings. The Morgan fingerprint density at radius 1 is 0.909 bits per heavy atom. The molecule has 0 spiro atoms. The Morgan fingerprint density at radius 2 is 1.61 bits per heavy atom. The van der Waals surface area contributed by atoms with Crippen LogP contribution in [-0.2, 0) is 4.74 Å². The van der Waals surface area contributed by atoms with Crippen molar-refractivity contribution in [3.63, 3.8) is 0 Å². The Labute approximate surface area is 272 Å². The zero-order chi connectivity index (χ0) is 33.5. The van der Waals surface area contributed by atoms with Gasteiger partial charge in [0.05, 0.1) is 0 Å². The van der Waals surface area contributed by atoms with E-state index in [1.165, 1.54) is 28.1 Å². The van der Waals surface area contributed by atoms with Gasteiger partial charge >= 0.3 is 0 Å². The standard InChI is InChI=1S/C41H64N2O/c1-14-17-18-19-27-40(33(6)7)42-41(34(8)9)29-28-38(23-15-2)35(10)25-22-26-36(11)43(30-20-21-31-44-13)37(12)39(24-16-3)32(4)5/h16-18,22,24-29,32,34H,3,6,12,14-15,19-21,23,30-31H2,1-2,4-5,7-11,13H3/p+1/b18-17-,39-24-,40-27?. The Kier molecular flexibility index (Phi) is 22.4. The van der Waals surface area contributed by atoms with E-state index in [4.69, 9.17) is 4.74 Å². The second-order valence-corrected chi connectivity index (χ2v) is 12.0. The maximum atomic E-state index is 5.29. The summed E-state index contributed by atoms with van der Waals surface area (Å²) in [5.74, 6) is 0.721. The van der Waals surface area contributed by atoms with Crippen LogP contribution in [0.4, 0.5) is 0 Å². The largest absolute Gasteiger partial charge is 0.385 e. The molecule has 0 saturated heterocycles. The van der Waals surface area contributed by atoms with Crippen LogP contribution >= 0.6 is 0 Å².